The lowest BCUT2D eigenvalue weighted by Crippen LogP contribution is -2.38. The number of hydrogen-bond acceptors (Lipinski definition) is 4. The first-order chi connectivity index (χ1) is 8.10. The second-order valence-electron chi connectivity index (χ2n) is 4.63. The first-order valence-corrected chi connectivity index (χ1v) is 5.53. The largest absolute Gasteiger partial charge is 0.478 e. The predicted octanol–water partition coefficient (Wildman–Crippen LogP) is 1.75. The van der Waals surface area contributed by atoms with Crippen molar-refractivity contribution in [2.24, 2.45) is 0 Å². The van der Waals surface area contributed by atoms with Crippen LogP contribution in [-0.4, -0.2) is 35.7 Å². The van der Waals surface area contributed by atoms with Gasteiger partial charge in [0.2, 0.25) is 0 Å². The van der Waals surface area contributed by atoms with Gasteiger partial charge >= 0.3 is 11.9 Å². The van der Waals surface area contributed by atoms with Crippen molar-refractivity contribution in [3.8, 4) is 0 Å². The average Bonchev–Trinajstić information content (AvgIpc) is 2.23. The summed E-state index contributed by atoms with van der Waals surface area (Å²) >= 11 is 0. The van der Waals surface area contributed by atoms with Gasteiger partial charge in [0.1, 0.15) is 6.61 Å². The SMILES string of the molecule is C=C(C)C(=O)O.C=CC(=O)OCCNC(C)(C)C. The van der Waals surface area contributed by atoms with Gasteiger partial charge in [-0.25, -0.2) is 9.59 Å². The van der Waals surface area contributed by atoms with Gasteiger partial charge in [-0.3, -0.25) is 0 Å². The molecule has 0 aliphatic rings. The number of aliphatic carboxylic acids is 1. The molecule has 0 saturated carbocycles. The molecule has 5 heteroatoms. The Balaban J connectivity index is 0. The molecule has 0 aliphatic heterocycles. The van der Waals surface area contributed by atoms with Crippen molar-refractivity contribution >= 4 is 11.9 Å². The van der Waals surface area contributed by atoms with E-state index in [0.29, 0.717) is 13.2 Å². The summed E-state index contributed by atoms with van der Waals surface area (Å²) in [6.45, 7) is 15.1. The van der Waals surface area contributed by atoms with Crippen LogP contribution in [0.15, 0.2) is 24.8 Å². The Morgan fingerprint density at radius 3 is 2.11 bits per heavy atom. The number of carbonyl (C=O) groups excluding carboxylic acids is 1. The highest BCUT2D eigenvalue weighted by atomic mass is 16.5. The third-order valence-corrected chi connectivity index (χ3v) is 1.53. The van der Waals surface area contributed by atoms with Crippen molar-refractivity contribution in [3.63, 3.8) is 0 Å². The molecule has 0 atom stereocenters. The van der Waals surface area contributed by atoms with Crippen molar-refractivity contribution in [1.29, 1.82) is 0 Å². The fourth-order valence-electron chi connectivity index (χ4n) is 0.637. The third kappa shape index (κ3) is 16.8. The van der Waals surface area contributed by atoms with Gasteiger partial charge in [0.05, 0.1) is 0 Å². The summed E-state index contributed by atoms with van der Waals surface area (Å²) in [5.74, 6) is -1.30. The molecule has 18 heavy (non-hydrogen) atoms. The molecule has 0 rings (SSSR count). The summed E-state index contributed by atoms with van der Waals surface area (Å²) in [6.07, 6.45) is 1.16. The summed E-state index contributed by atoms with van der Waals surface area (Å²) in [7, 11) is 0. The number of esters is 1. The van der Waals surface area contributed by atoms with Crippen LogP contribution in [0.1, 0.15) is 27.7 Å². The molecule has 0 aromatic rings. The molecule has 0 spiro atoms. The van der Waals surface area contributed by atoms with E-state index in [4.69, 9.17) is 9.84 Å². The Morgan fingerprint density at radius 1 is 1.39 bits per heavy atom. The topological polar surface area (TPSA) is 75.6 Å². The second kappa shape index (κ2) is 9.41. The van der Waals surface area contributed by atoms with Gasteiger partial charge < -0.3 is 15.2 Å². The minimum Gasteiger partial charge on any atom is -0.478 e. The number of carboxylic acids is 1. The molecule has 0 bridgehead atoms. The van der Waals surface area contributed by atoms with Crippen molar-refractivity contribution in [2.45, 2.75) is 33.2 Å². The van der Waals surface area contributed by atoms with Crippen LogP contribution in [0.2, 0.25) is 0 Å². The van der Waals surface area contributed by atoms with E-state index in [1.165, 1.54) is 6.92 Å². The number of rotatable bonds is 5. The van der Waals surface area contributed by atoms with E-state index in [-0.39, 0.29) is 17.1 Å². The molecule has 0 saturated heterocycles. The predicted molar refractivity (Wildman–Crippen MR) is 71.4 cm³/mol. The van der Waals surface area contributed by atoms with Gasteiger partial charge in [0.25, 0.3) is 0 Å². The molecule has 5 nitrogen and oxygen atoms in total. The summed E-state index contributed by atoms with van der Waals surface area (Å²) < 4.78 is 4.77. The summed E-state index contributed by atoms with van der Waals surface area (Å²) in [5.41, 5.74) is 0.246. The van der Waals surface area contributed by atoms with Crippen molar-refractivity contribution in [2.75, 3.05) is 13.2 Å². The Labute approximate surface area is 109 Å². The normalized spacial score (nSPS) is 9.78. The Hall–Kier alpha value is -1.62. The van der Waals surface area contributed by atoms with Crippen LogP contribution < -0.4 is 5.32 Å². The van der Waals surface area contributed by atoms with E-state index < -0.39 is 5.97 Å². The van der Waals surface area contributed by atoms with E-state index in [1.54, 1.807) is 0 Å². The van der Waals surface area contributed by atoms with E-state index >= 15 is 0 Å². The lowest BCUT2D eigenvalue weighted by Gasteiger charge is -2.19. The molecule has 0 amide bonds. The zero-order chi connectivity index (χ0) is 14.8. The molecular weight excluding hydrogens is 234 g/mol. The number of nitrogens with one attached hydrogen (secondary N) is 1. The van der Waals surface area contributed by atoms with E-state index in [0.717, 1.165) is 6.08 Å². The fraction of sp³-hybridized carbons (Fsp3) is 0.538. The van der Waals surface area contributed by atoms with Crippen LogP contribution in [0.25, 0.3) is 0 Å². The Kier molecular flexibility index (Phi) is 9.80. The molecule has 0 aromatic heterocycles. The monoisotopic (exact) mass is 257 g/mol. The molecular formula is C13H23NO4. The number of carboxylic acid groups (broad SMARTS) is 1. The van der Waals surface area contributed by atoms with Crippen LogP contribution in [0.4, 0.5) is 0 Å². The maximum Gasteiger partial charge on any atom is 0.330 e. The van der Waals surface area contributed by atoms with Crippen molar-refractivity contribution < 1.29 is 19.4 Å². The van der Waals surface area contributed by atoms with Gasteiger partial charge in [-0.05, 0) is 27.7 Å². The first kappa shape index (κ1) is 18.7. The van der Waals surface area contributed by atoms with Crippen LogP contribution in [0.3, 0.4) is 0 Å². The van der Waals surface area contributed by atoms with Crippen molar-refractivity contribution in [1.82, 2.24) is 5.32 Å². The van der Waals surface area contributed by atoms with Gasteiger partial charge in [-0.15, -0.1) is 0 Å². The average molecular weight is 257 g/mol. The van der Waals surface area contributed by atoms with E-state index in [1.807, 2.05) is 0 Å². The second-order valence-corrected chi connectivity index (χ2v) is 4.63. The fourth-order valence-corrected chi connectivity index (χ4v) is 0.637. The van der Waals surface area contributed by atoms with E-state index in [2.05, 4.69) is 39.2 Å². The minimum atomic E-state index is -0.935. The number of carbonyl (C=O) groups is 2. The zero-order valence-electron chi connectivity index (χ0n) is 11.6. The van der Waals surface area contributed by atoms with Crippen LogP contribution in [0, 0.1) is 0 Å². The molecule has 0 unspecified atom stereocenters. The smallest absolute Gasteiger partial charge is 0.330 e. The van der Waals surface area contributed by atoms with Crippen LogP contribution in [-0.2, 0) is 14.3 Å². The van der Waals surface area contributed by atoms with Crippen LogP contribution in [0.5, 0.6) is 0 Å². The molecule has 0 radical (unpaired) electrons. The van der Waals surface area contributed by atoms with Crippen LogP contribution >= 0.6 is 0 Å². The summed E-state index contributed by atoms with van der Waals surface area (Å²) in [6, 6.07) is 0. The highest BCUT2D eigenvalue weighted by Crippen LogP contribution is 1.96. The highest BCUT2D eigenvalue weighted by molar-refractivity contribution is 5.84. The summed E-state index contributed by atoms with van der Waals surface area (Å²) in [5, 5.41) is 11.1. The first-order valence-electron chi connectivity index (χ1n) is 5.53. The standard InChI is InChI=1S/C9H17NO2.C4H6O2/c1-5-8(11)12-7-6-10-9(2,3)4;1-3(2)4(5)6/h5,10H,1,6-7H2,2-4H3;1H2,2H3,(H,5,6). The molecule has 0 aliphatic carbocycles. The number of ether oxygens (including phenoxy) is 1. The van der Waals surface area contributed by atoms with Gasteiger partial charge in [-0.2, -0.15) is 0 Å². The number of hydrogen-bond donors (Lipinski definition) is 2. The third-order valence-electron chi connectivity index (χ3n) is 1.53. The maximum atomic E-state index is 10.6. The van der Waals surface area contributed by atoms with Gasteiger partial charge in [0.15, 0.2) is 0 Å². The van der Waals surface area contributed by atoms with Gasteiger partial charge in [0, 0.05) is 23.7 Å². The minimum absolute atomic E-state index is 0.0700. The lowest BCUT2D eigenvalue weighted by atomic mass is 10.1. The highest BCUT2D eigenvalue weighted by Gasteiger charge is 2.07. The van der Waals surface area contributed by atoms with Gasteiger partial charge in [-0.1, -0.05) is 13.2 Å². The zero-order valence-corrected chi connectivity index (χ0v) is 11.6. The molecule has 0 aromatic carbocycles. The Bertz CT molecular complexity index is 291. The molecule has 2 N–H and O–H groups in total. The van der Waals surface area contributed by atoms with Crippen molar-refractivity contribution in [3.05, 3.63) is 24.8 Å². The quantitative estimate of drug-likeness (QED) is 0.446. The maximum absolute atomic E-state index is 10.6. The van der Waals surface area contributed by atoms with E-state index in [9.17, 15) is 9.59 Å². The molecule has 104 valence electrons. The Morgan fingerprint density at radius 2 is 1.83 bits per heavy atom. The molecule has 0 fully saturated rings. The summed E-state index contributed by atoms with van der Waals surface area (Å²) in [4.78, 5) is 20.2. The lowest BCUT2D eigenvalue weighted by molar-refractivity contribution is -0.137. The molecule has 0 heterocycles.